The zero-order valence-electron chi connectivity index (χ0n) is 11.0. The molecule has 1 atom stereocenters. The van der Waals surface area contributed by atoms with Gasteiger partial charge in [0.05, 0.1) is 0 Å². The minimum absolute atomic E-state index is 0.626. The zero-order chi connectivity index (χ0) is 12.8. The predicted molar refractivity (Wildman–Crippen MR) is 77.1 cm³/mol. The lowest BCUT2D eigenvalue weighted by Crippen LogP contribution is -2.49. The Bertz CT molecular complexity index is 353. The summed E-state index contributed by atoms with van der Waals surface area (Å²) in [4.78, 5) is 2.39. The fourth-order valence-corrected chi connectivity index (χ4v) is 2.42. The molecule has 2 rings (SSSR count). The van der Waals surface area contributed by atoms with E-state index in [1.807, 2.05) is 12.1 Å². The second-order valence-electron chi connectivity index (χ2n) is 5.01. The van der Waals surface area contributed by atoms with Gasteiger partial charge in [-0.05, 0) is 37.7 Å². The molecule has 1 aromatic carbocycles. The number of likely N-dealkylation sites (N-methyl/N-ethyl adjacent to an activating group) is 1. The third kappa shape index (κ3) is 4.58. The maximum absolute atomic E-state index is 5.85. The van der Waals surface area contributed by atoms with Crippen LogP contribution in [0.2, 0.25) is 5.02 Å². The van der Waals surface area contributed by atoms with Crippen LogP contribution >= 0.6 is 11.6 Å². The van der Waals surface area contributed by atoms with Gasteiger partial charge in [0.1, 0.15) is 0 Å². The van der Waals surface area contributed by atoms with E-state index in [0.29, 0.717) is 6.04 Å². The Labute approximate surface area is 115 Å². The lowest BCUT2D eigenvalue weighted by Gasteiger charge is -2.30. The third-order valence-corrected chi connectivity index (χ3v) is 3.62. The van der Waals surface area contributed by atoms with Crippen LogP contribution in [0.25, 0.3) is 0 Å². The summed E-state index contributed by atoms with van der Waals surface area (Å²) in [5, 5.41) is 7.84. The highest BCUT2D eigenvalue weighted by Crippen LogP contribution is 2.09. The molecular formula is C14H22ClN3. The summed E-state index contributed by atoms with van der Waals surface area (Å²) >= 11 is 5.85. The first-order valence-corrected chi connectivity index (χ1v) is 6.99. The van der Waals surface area contributed by atoms with E-state index in [4.69, 9.17) is 11.6 Å². The second-order valence-corrected chi connectivity index (χ2v) is 5.44. The number of hydrogen-bond acceptors (Lipinski definition) is 3. The fraction of sp³-hybridized carbons (Fsp3) is 0.571. The van der Waals surface area contributed by atoms with Crippen LogP contribution in [0.4, 0.5) is 0 Å². The van der Waals surface area contributed by atoms with Crippen molar-refractivity contribution in [1.29, 1.82) is 0 Å². The predicted octanol–water partition coefficient (Wildman–Crippen LogP) is 1.72. The van der Waals surface area contributed by atoms with Gasteiger partial charge in [-0.3, -0.25) is 0 Å². The standard InChI is InChI=1S/C14H22ClN3/c1-18-9-8-17-14(11-18)6-7-16-10-12-2-4-13(15)5-3-12/h2-5,14,16-17H,6-11H2,1H3. The molecule has 1 heterocycles. The van der Waals surface area contributed by atoms with E-state index in [0.717, 1.165) is 37.7 Å². The first-order chi connectivity index (χ1) is 8.74. The number of nitrogens with one attached hydrogen (secondary N) is 2. The van der Waals surface area contributed by atoms with Gasteiger partial charge in [0.25, 0.3) is 0 Å². The van der Waals surface area contributed by atoms with Crippen LogP contribution in [0.1, 0.15) is 12.0 Å². The largest absolute Gasteiger partial charge is 0.313 e. The van der Waals surface area contributed by atoms with Crippen molar-refractivity contribution in [2.45, 2.75) is 19.0 Å². The average Bonchev–Trinajstić information content (AvgIpc) is 2.37. The summed E-state index contributed by atoms with van der Waals surface area (Å²) in [6, 6.07) is 8.65. The molecule has 0 radical (unpaired) electrons. The van der Waals surface area contributed by atoms with Crippen molar-refractivity contribution >= 4 is 11.6 Å². The summed E-state index contributed by atoms with van der Waals surface area (Å²) in [5.74, 6) is 0. The summed E-state index contributed by atoms with van der Waals surface area (Å²) in [7, 11) is 2.19. The van der Waals surface area contributed by atoms with E-state index in [2.05, 4.69) is 34.7 Å². The lowest BCUT2D eigenvalue weighted by molar-refractivity contribution is 0.231. The maximum Gasteiger partial charge on any atom is 0.0406 e. The molecule has 3 nitrogen and oxygen atoms in total. The number of halogens is 1. The first-order valence-electron chi connectivity index (χ1n) is 6.61. The van der Waals surface area contributed by atoms with Crippen molar-refractivity contribution in [2.75, 3.05) is 33.2 Å². The zero-order valence-corrected chi connectivity index (χ0v) is 11.7. The highest BCUT2D eigenvalue weighted by molar-refractivity contribution is 6.30. The molecule has 2 N–H and O–H groups in total. The summed E-state index contributed by atoms with van der Waals surface area (Å²) in [5.41, 5.74) is 1.29. The molecule has 0 aliphatic carbocycles. The highest BCUT2D eigenvalue weighted by atomic mass is 35.5. The van der Waals surface area contributed by atoms with Crippen LogP contribution in [-0.2, 0) is 6.54 Å². The second kappa shape index (κ2) is 7.10. The van der Waals surface area contributed by atoms with Crippen molar-refractivity contribution < 1.29 is 0 Å². The highest BCUT2D eigenvalue weighted by Gasteiger charge is 2.15. The summed E-state index contributed by atoms with van der Waals surface area (Å²) in [6.45, 7) is 5.39. The van der Waals surface area contributed by atoms with Crippen LogP contribution in [0.15, 0.2) is 24.3 Å². The van der Waals surface area contributed by atoms with E-state index in [1.165, 1.54) is 12.0 Å². The van der Waals surface area contributed by atoms with Gasteiger partial charge in [0.15, 0.2) is 0 Å². The normalized spacial score (nSPS) is 21.1. The van der Waals surface area contributed by atoms with Crippen molar-refractivity contribution in [2.24, 2.45) is 0 Å². The van der Waals surface area contributed by atoms with E-state index in [-0.39, 0.29) is 0 Å². The smallest absolute Gasteiger partial charge is 0.0406 e. The number of rotatable bonds is 5. The van der Waals surface area contributed by atoms with Gasteiger partial charge in [-0.25, -0.2) is 0 Å². The Hall–Kier alpha value is -0.610. The van der Waals surface area contributed by atoms with E-state index >= 15 is 0 Å². The van der Waals surface area contributed by atoms with Crippen LogP contribution in [0, 0.1) is 0 Å². The Balaban J connectivity index is 1.62. The summed E-state index contributed by atoms with van der Waals surface area (Å²) in [6.07, 6.45) is 1.18. The summed E-state index contributed by atoms with van der Waals surface area (Å²) < 4.78 is 0. The molecule has 0 bridgehead atoms. The van der Waals surface area contributed by atoms with Gasteiger partial charge < -0.3 is 15.5 Å². The van der Waals surface area contributed by atoms with Crippen molar-refractivity contribution in [3.63, 3.8) is 0 Å². The van der Waals surface area contributed by atoms with Crippen molar-refractivity contribution in [1.82, 2.24) is 15.5 Å². The number of hydrogen-bond donors (Lipinski definition) is 2. The molecule has 1 aliphatic heterocycles. The molecule has 100 valence electrons. The first kappa shape index (κ1) is 13.8. The minimum Gasteiger partial charge on any atom is -0.313 e. The van der Waals surface area contributed by atoms with Gasteiger partial charge in [-0.1, -0.05) is 23.7 Å². The average molecular weight is 268 g/mol. The van der Waals surface area contributed by atoms with Crippen LogP contribution in [0.3, 0.4) is 0 Å². The molecule has 1 unspecified atom stereocenters. The lowest BCUT2D eigenvalue weighted by atomic mass is 10.1. The Morgan fingerprint density at radius 1 is 1.39 bits per heavy atom. The molecule has 0 spiro atoms. The molecule has 18 heavy (non-hydrogen) atoms. The van der Waals surface area contributed by atoms with Crippen LogP contribution < -0.4 is 10.6 Å². The Morgan fingerprint density at radius 3 is 2.89 bits per heavy atom. The van der Waals surface area contributed by atoms with Gasteiger partial charge in [-0.2, -0.15) is 0 Å². The van der Waals surface area contributed by atoms with Crippen LogP contribution in [0.5, 0.6) is 0 Å². The van der Waals surface area contributed by atoms with Gasteiger partial charge in [-0.15, -0.1) is 0 Å². The van der Waals surface area contributed by atoms with Crippen molar-refractivity contribution in [3.8, 4) is 0 Å². The monoisotopic (exact) mass is 267 g/mol. The molecule has 0 amide bonds. The third-order valence-electron chi connectivity index (χ3n) is 3.37. The molecule has 1 aliphatic rings. The quantitative estimate of drug-likeness (QED) is 0.796. The Morgan fingerprint density at radius 2 is 2.17 bits per heavy atom. The van der Waals surface area contributed by atoms with Crippen LogP contribution in [-0.4, -0.2) is 44.2 Å². The fourth-order valence-electron chi connectivity index (χ4n) is 2.30. The molecule has 1 aromatic rings. The molecule has 1 fully saturated rings. The topological polar surface area (TPSA) is 27.3 Å². The molecule has 0 saturated carbocycles. The molecule has 1 saturated heterocycles. The molecular weight excluding hydrogens is 246 g/mol. The van der Waals surface area contributed by atoms with E-state index < -0.39 is 0 Å². The number of benzene rings is 1. The van der Waals surface area contributed by atoms with E-state index in [1.54, 1.807) is 0 Å². The van der Waals surface area contributed by atoms with Gasteiger partial charge >= 0.3 is 0 Å². The number of nitrogens with zero attached hydrogens (tertiary/aromatic N) is 1. The van der Waals surface area contributed by atoms with Gasteiger partial charge in [0, 0.05) is 37.2 Å². The number of piperazine rings is 1. The van der Waals surface area contributed by atoms with Gasteiger partial charge in [0.2, 0.25) is 0 Å². The van der Waals surface area contributed by atoms with E-state index in [9.17, 15) is 0 Å². The molecule has 4 heteroatoms. The maximum atomic E-state index is 5.85. The SMILES string of the molecule is CN1CCNC(CCNCc2ccc(Cl)cc2)C1. The van der Waals surface area contributed by atoms with Crippen molar-refractivity contribution in [3.05, 3.63) is 34.9 Å². The molecule has 0 aromatic heterocycles. The Kier molecular flexibility index (Phi) is 5.45. The minimum atomic E-state index is 0.626.